The van der Waals surface area contributed by atoms with Crippen molar-refractivity contribution in [2.24, 2.45) is 0 Å². The van der Waals surface area contributed by atoms with Crippen LogP contribution >= 0.6 is 11.8 Å². The minimum atomic E-state index is 0.396. The van der Waals surface area contributed by atoms with Gasteiger partial charge in [0.25, 0.3) is 0 Å². The maximum absolute atomic E-state index is 5.52. The highest BCUT2D eigenvalue weighted by Crippen LogP contribution is 2.22. The summed E-state index contributed by atoms with van der Waals surface area (Å²) in [6, 6.07) is 0. The zero-order valence-electron chi connectivity index (χ0n) is 7.43. The molecule has 2 nitrogen and oxygen atoms in total. The van der Waals surface area contributed by atoms with E-state index in [0.29, 0.717) is 12.7 Å². The first kappa shape index (κ1) is 9.84. The van der Waals surface area contributed by atoms with Gasteiger partial charge in [-0.15, -0.1) is 0 Å². The van der Waals surface area contributed by atoms with Gasteiger partial charge in [-0.25, -0.2) is 0 Å². The molecule has 0 spiro atoms. The minimum absolute atomic E-state index is 0.396. The molecule has 1 aliphatic heterocycles. The summed E-state index contributed by atoms with van der Waals surface area (Å²) in [5.41, 5.74) is 0. The largest absolute Gasteiger partial charge is 0.370 e. The van der Waals surface area contributed by atoms with Crippen molar-refractivity contribution in [1.29, 1.82) is 0 Å². The zero-order valence-corrected chi connectivity index (χ0v) is 8.25. The van der Waals surface area contributed by atoms with E-state index in [1.165, 1.54) is 0 Å². The van der Waals surface area contributed by atoms with E-state index in [9.17, 15) is 0 Å². The molecule has 0 radical (unpaired) electrons. The first-order chi connectivity index (χ1) is 5.68. The number of rotatable bonds is 5. The van der Waals surface area contributed by atoms with Gasteiger partial charge in [-0.05, 0) is 11.8 Å². The van der Waals surface area contributed by atoms with Crippen LogP contribution in [0.3, 0.4) is 0 Å². The Morgan fingerprint density at radius 1 is 1.58 bits per heavy atom. The predicted molar refractivity (Wildman–Crippen MR) is 54.2 cm³/mol. The second-order valence-electron chi connectivity index (χ2n) is 2.93. The van der Waals surface area contributed by atoms with Crippen LogP contribution in [-0.4, -0.2) is 25.8 Å². The number of thioether (sulfide) groups is 1. The number of nitrogens with one attached hydrogen (secondary N) is 1. The number of allylic oxidation sites excluding steroid dienone is 1. The van der Waals surface area contributed by atoms with E-state index < -0.39 is 0 Å². The van der Waals surface area contributed by atoms with Crippen molar-refractivity contribution in [1.82, 2.24) is 5.32 Å². The van der Waals surface area contributed by atoms with Crippen molar-refractivity contribution in [2.45, 2.75) is 13.0 Å². The van der Waals surface area contributed by atoms with E-state index in [1.54, 1.807) is 11.8 Å². The van der Waals surface area contributed by atoms with E-state index in [0.717, 1.165) is 22.9 Å². The summed E-state index contributed by atoms with van der Waals surface area (Å²) in [6.07, 6.45) is 0.396. The van der Waals surface area contributed by atoms with Crippen molar-refractivity contribution in [2.75, 3.05) is 19.7 Å². The van der Waals surface area contributed by atoms with Crippen LogP contribution in [0, 0.1) is 0 Å². The van der Waals surface area contributed by atoms with E-state index >= 15 is 0 Å². The van der Waals surface area contributed by atoms with Gasteiger partial charge in [-0.3, -0.25) is 0 Å². The zero-order chi connectivity index (χ0) is 8.97. The molecule has 1 heterocycles. The highest BCUT2D eigenvalue weighted by molar-refractivity contribution is 8.06. The van der Waals surface area contributed by atoms with Crippen LogP contribution in [0.2, 0.25) is 0 Å². The number of hydrogen-bond donors (Lipinski definition) is 1. The quantitative estimate of drug-likeness (QED) is 0.705. The molecule has 0 aromatic rings. The lowest BCUT2D eigenvalue weighted by Crippen LogP contribution is -2.48. The summed E-state index contributed by atoms with van der Waals surface area (Å²) in [5, 5.41) is 3.15. The summed E-state index contributed by atoms with van der Waals surface area (Å²) in [5.74, 6) is 0. The molecular formula is C9H15NOS. The average molecular weight is 185 g/mol. The summed E-state index contributed by atoms with van der Waals surface area (Å²) in [6.45, 7) is 12.2. The van der Waals surface area contributed by atoms with Gasteiger partial charge in [0, 0.05) is 18.0 Å². The molecule has 3 heteroatoms. The Kier molecular flexibility index (Phi) is 3.85. The Hall–Kier alpha value is -0.250. The normalized spacial score (nSPS) is 17.1. The lowest BCUT2D eigenvalue weighted by atomic mass is 10.2. The molecule has 1 saturated heterocycles. The standard InChI is InChI=1S/C9H15NOS/c1-7(2)12-8(3)6-11-9-4-10-5-9/h9-10H,1,3-6H2,2H3. The van der Waals surface area contributed by atoms with E-state index in [1.807, 2.05) is 6.92 Å². The molecule has 0 bridgehead atoms. The van der Waals surface area contributed by atoms with Crippen LogP contribution in [0.25, 0.3) is 0 Å². The van der Waals surface area contributed by atoms with Crippen molar-refractivity contribution >= 4 is 11.8 Å². The van der Waals surface area contributed by atoms with Gasteiger partial charge in [0.1, 0.15) is 0 Å². The van der Waals surface area contributed by atoms with Crippen LogP contribution in [0.15, 0.2) is 23.0 Å². The number of ether oxygens (including phenoxy) is 1. The van der Waals surface area contributed by atoms with Gasteiger partial charge in [0.2, 0.25) is 0 Å². The molecule has 0 aliphatic carbocycles. The summed E-state index contributed by atoms with van der Waals surface area (Å²) < 4.78 is 5.52. The third kappa shape index (κ3) is 3.43. The fraction of sp³-hybridized carbons (Fsp3) is 0.556. The van der Waals surface area contributed by atoms with Gasteiger partial charge in [-0.1, -0.05) is 24.9 Å². The third-order valence-corrected chi connectivity index (χ3v) is 2.30. The molecule has 0 aromatic carbocycles. The van der Waals surface area contributed by atoms with Crippen molar-refractivity contribution in [3.63, 3.8) is 0 Å². The first-order valence-electron chi connectivity index (χ1n) is 4.02. The lowest BCUT2D eigenvalue weighted by Gasteiger charge is -2.27. The Bertz CT molecular complexity index is 187. The van der Waals surface area contributed by atoms with Crippen LogP contribution < -0.4 is 5.32 Å². The van der Waals surface area contributed by atoms with Gasteiger partial charge in [0.05, 0.1) is 12.7 Å². The molecule has 0 atom stereocenters. The molecule has 0 unspecified atom stereocenters. The Morgan fingerprint density at radius 3 is 2.67 bits per heavy atom. The van der Waals surface area contributed by atoms with Crippen LogP contribution in [0.1, 0.15) is 6.92 Å². The molecule has 0 aromatic heterocycles. The molecule has 1 fully saturated rings. The topological polar surface area (TPSA) is 21.3 Å². The van der Waals surface area contributed by atoms with Crippen LogP contribution in [-0.2, 0) is 4.74 Å². The fourth-order valence-corrected chi connectivity index (χ4v) is 1.49. The van der Waals surface area contributed by atoms with Gasteiger partial charge < -0.3 is 10.1 Å². The van der Waals surface area contributed by atoms with E-state index in [2.05, 4.69) is 18.5 Å². The van der Waals surface area contributed by atoms with E-state index in [4.69, 9.17) is 4.74 Å². The van der Waals surface area contributed by atoms with E-state index in [-0.39, 0.29) is 0 Å². The second kappa shape index (κ2) is 4.70. The fourth-order valence-electron chi connectivity index (χ4n) is 0.867. The third-order valence-electron chi connectivity index (χ3n) is 1.54. The SMILES string of the molecule is C=C(C)SC(=C)COC1CNC1. The predicted octanol–water partition coefficient (Wildman–Crippen LogP) is 1.76. The highest BCUT2D eigenvalue weighted by Gasteiger charge is 2.16. The maximum atomic E-state index is 5.52. The van der Waals surface area contributed by atoms with Crippen molar-refractivity contribution in [3.8, 4) is 0 Å². The van der Waals surface area contributed by atoms with Crippen molar-refractivity contribution < 1.29 is 4.74 Å². The van der Waals surface area contributed by atoms with Gasteiger partial charge >= 0.3 is 0 Å². The summed E-state index contributed by atoms with van der Waals surface area (Å²) in [7, 11) is 0. The van der Waals surface area contributed by atoms with Crippen molar-refractivity contribution in [3.05, 3.63) is 23.0 Å². The van der Waals surface area contributed by atoms with Gasteiger partial charge in [0.15, 0.2) is 0 Å². The maximum Gasteiger partial charge on any atom is 0.0828 e. The Balaban J connectivity index is 2.05. The minimum Gasteiger partial charge on any atom is -0.370 e. The van der Waals surface area contributed by atoms with Crippen LogP contribution in [0.4, 0.5) is 0 Å². The molecule has 1 N–H and O–H groups in total. The molecular weight excluding hydrogens is 170 g/mol. The Morgan fingerprint density at radius 2 is 2.25 bits per heavy atom. The Labute approximate surface area is 78.1 Å². The average Bonchev–Trinajstić information content (AvgIpc) is 1.81. The molecule has 68 valence electrons. The number of hydrogen-bond acceptors (Lipinski definition) is 3. The molecule has 1 rings (SSSR count). The molecule has 0 saturated carbocycles. The van der Waals surface area contributed by atoms with Crippen LogP contribution in [0.5, 0.6) is 0 Å². The summed E-state index contributed by atoms with van der Waals surface area (Å²) >= 11 is 1.60. The highest BCUT2D eigenvalue weighted by atomic mass is 32.2. The van der Waals surface area contributed by atoms with Gasteiger partial charge in [-0.2, -0.15) is 0 Å². The monoisotopic (exact) mass is 185 g/mol. The second-order valence-corrected chi connectivity index (χ2v) is 4.41. The molecule has 12 heavy (non-hydrogen) atoms. The molecule has 1 aliphatic rings. The lowest BCUT2D eigenvalue weighted by molar-refractivity contribution is 0.0354. The smallest absolute Gasteiger partial charge is 0.0828 e. The first-order valence-corrected chi connectivity index (χ1v) is 4.83. The molecule has 0 amide bonds. The summed E-state index contributed by atoms with van der Waals surface area (Å²) in [4.78, 5) is 2.10.